The van der Waals surface area contributed by atoms with Crippen molar-refractivity contribution in [2.24, 2.45) is 4.99 Å². The Hall–Kier alpha value is -3.17. The molecule has 0 unspecified atom stereocenters. The van der Waals surface area contributed by atoms with Crippen LogP contribution in [0.3, 0.4) is 0 Å². The maximum Gasteiger partial charge on any atom is 0.338 e. The van der Waals surface area contributed by atoms with Gasteiger partial charge in [-0.15, -0.1) is 11.3 Å². The van der Waals surface area contributed by atoms with Crippen LogP contribution >= 0.6 is 22.7 Å². The SMILES string of the molecule is CCOC(=O)C1=C(C)N=c2s/c(=C\c3ccc4c(c3)OCO4)c(=O)n2[C@@H]1c1cccs1. The fourth-order valence-electron chi connectivity index (χ4n) is 3.66. The van der Waals surface area contributed by atoms with Gasteiger partial charge in [-0.2, -0.15) is 0 Å². The van der Waals surface area contributed by atoms with Crippen LogP contribution in [0.25, 0.3) is 6.08 Å². The summed E-state index contributed by atoms with van der Waals surface area (Å²) in [6.45, 7) is 3.98. The lowest BCUT2D eigenvalue weighted by Crippen LogP contribution is -2.39. The summed E-state index contributed by atoms with van der Waals surface area (Å²) < 4.78 is 18.2. The van der Waals surface area contributed by atoms with Crippen molar-refractivity contribution in [3.05, 3.63) is 77.1 Å². The second-order valence-corrected chi connectivity index (χ2v) is 8.92. The number of allylic oxidation sites excluding steroid dienone is 1. The first-order valence-electron chi connectivity index (χ1n) is 9.69. The molecule has 5 rings (SSSR count). The fraction of sp³-hybridized carbons (Fsp3) is 0.227. The standard InChI is InChI=1S/C22H18N2O5S2/c1-3-27-21(26)18-12(2)23-22-24(19(18)16-5-4-8-30-16)20(25)17(31-22)10-13-6-7-14-15(9-13)29-11-28-14/h4-10,19H,3,11H2,1-2H3/b17-10-/t19-/m1/s1. The number of thiophene rings is 1. The zero-order chi connectivity index (χ0) is 21.5. The fourth-order valence-corrected chi connectivity index (χ4v) is 5.53. The minimum absolute atomic E-state index is 0.192. The third-order valence-corrected chi connectivity index (χ3v) is 6.93. The number of carbonyl (C=O) groups excluding carboxylic acids is 1. The van der Waals surface area contributed by atoms with Crippen LogP contribution in [0, 0.1) is 0 Å². The molecule has 9 heteroatoms. The van der Waals surface area contributed by atoms with E-state index in [1.165, 1.54) is 22.7 Å². The summed E-state index contributed by atoms with van der Waals surface area (Å²) in [4.78, 5) is 32.2. The topological polar surface area (TPSA) is 79.1 Å². The Bertz CT molecular complexity index is 1380. The molecule has 0 aliphatic carbocycles. The molecule has 0 fully saturated rings. The maximum absolute atomic E-state index is 13.4. The molecule has 0 saturated carbocycles. The van der Waals surface area contributed by atoms with Crippen molar-refractivity contribution < 1.29 is 19.0 Å². The van der Waals surface area contributed by atoms with Gasteiger partial charge in [0.05, 0.1) is 22.4 Å². The molecule has 31 heavy (non-hydrogen) atoms. The van der Waals surface area contributed by atoms with Crippen LogP contribution in [0.1, 0.15) is 30.3 Å². The van der Waals surface area contributed by atoms with Crippen molar-refractivity contribution >= 4 is 34.7 Å². The molecule has 0 saturated heterocycles. The molecular weight excluding hydrogens is 436 g/mol. The number of nitrogens with zero attached hydrogens (tertiary/aromatic N) is 2. The van der Waals surface area contributed by atoms with Crippen LogP contribution in [0.4, 0.5) is 0 Å². The lowest BCUT2D eigenvalue weighted by Gasteiger charge is -2.23. The summed E-state index contributed by atoms with van der Waals surface area (Å²) in [5.41, 5.74) is 1.58. The third-order valence-electron chi connectivity index (χ3n) is 5.02. The molecule has 2 aliphatic heterocycles. The van der Waals surface area contributed by atoms with Crippen molar-refractivity contribution in [2.75, 3.05) is 13.4 Å². The highest BCUT2D eigenvalue weighted by Crippen LogP contribution is 2.34. The van der Waals surface area contributed by atoms with Crippen LogP contribution in [0.15, 0.2) is 56.8 Å². The smallest absolute Gasteiger partial charge is 0.338 e. The summed E-state index contributed by atoms with van der Waals surface area (Å²) in [6, 6.07) is 8.80. The highest BCUT2D eigenvalue weighted by atomic mass is 32.1. The van der Waals surface area contributed by atoms with Crippen LogP contribution in [0.5, 0.6) is 11.5 Å². The van der Waals surface area contributed by atoms with Crippen LogP contribution < -0.4 is 24.4 Å². The number of hydrogen-bond donors (Lipinski definition) is 0. The van der Waals surface area contributed by atoms with Crippen molar-refractivity contribution in [2.45, 2.75) is 19.9 Å². The molecule has 7 nitrogen and oxygen atoms in total. The van der Waals surface area contributed by atoms with E-state index in [2.05, 4.69) is 4.99 Å². The molecule has 3 aromatic rings. The molecule has 2 aromatic heterocycles. The number of thiazole rings is 1. The Morgan fingerprint density at radius 3 is 2.94 bits per heavy atom. The summed E-state index contributed by atoms with van der Waals surface area (Å²) >= 11 is 2.79. The Morgan fingerprint density at radius 1 is 1.32 bits per heavy atom. The number of esters is 1. The highest BCUT2D eigenvalue weighted by molar-refractivity contribution is 7.10. The first kappa shape index (κ1) is 19.8. The lowest BCUT2D eigenvalue weighted by atomic mass is 10.0. The van der Waals surface area contributed by atoms with Gasteiger partial charge < -0.3 is 14.2 Å². The number of ether oxygens (including phenoxy) is 3. The van der Waals surface area contributed by atoms with E-state index in [1.807, 2.05) is 35.7 Å². The van der Waals surface area contributed by atoms with E-state index >= 15 is 0 Å². The first-order valence-corrected chi connectivity index (χ1v) is 11.4. The van der Waals surface area contributed by atoms with Gasteiger partial charge in [0.15, 0.2) is 16.3 Å². The molecule has 0 bridgehead atoms. The largest absolute Gasteiger partial charge is 0.463 e. The van der Waals surface area contributed by atoms with Gasteiger partial charge in [-0.05, 0) is 49.1 Å². The molecule has 0 spiro atoms. The summed E-state index contributed by atoms with van der Waals surface area (Å²) in [5, 5.41) is 1.93. The van der Waals surface area contributed by atoms with E-state index in [-0.39, 0.29) is 19.0 Å². The van der Waals surface area contributed by atoms with Gasteiger partial charge in [0.2, 0.25) is 6.79 Å². The van der Waals surface area contributed by atoms with Gasteiger partial charge in [0.25, 0.3) is 5.56 Å². The van der Waals surface area contributed by atoms with Gasteiger partial charge in [-0.25, -0.2) is 9.79 Å². The average Bonchev–Trinajstić information content (AvgIpc) is 3.48. The Labute approximate surface area is 185 Å². The predicted octanol–water partition coefficient (Wildman–Crippen LogP) is 2.59. The Kier molecular flexibility index (Phi) is 4.99. The molecular formula is C22H18N2O5S2. The Morgan fingerprint density at radius 2 is 2.16 bits per heavy atom. The maximum atomic E-state index is 13.4. The third kappa shape index (κ3) is 3.39. The molecule has 2 aliphatic rings. The number of carbonyl (C=O) groups is 1. The number of hydrogen-bond acceptors (Lipinski definition) is 8. The zero-order valence-corrected chi connectivity index (χ0v) is 18.4. The van der Waals surface area contributed by atoms with Crippen molar-refractivity contribution in [3.8, 4) is 11.5 Å². The second kappa shape index (κ2) is 7.82. The highest BCUT2D eigenvalue weighted by Gasteiger charge is 2.33. The number of rotatable bonds is 4. The van der Waals surface area contributed by atoms with E-state index in [9.17, 15) is 9.59 Å². The molecule has 1 atom stereocenters. The van der Waals surface area contributed by atoms with Crippen LogP contribution in [-0.4, -0.2) is 23.9 Å². The lowest BCUT2D eigenvalue weighted by molar-refractivity contribution is -0.139. The van der Waals surface area contributed by atoms with E-state index in [4.69, 9.17) is 14.2 Å². The van der Waals surface area contributed by atoms with Crippen LogP contribution in [0.2, 0.25) is 0 Å². The molecule has 158 valence electrons. The van der Waals surface area contributed by atoms with E-state index < -0.39 is 12.0 Å². The van der Waals surface area contributed by atoms with E-state index in [0.717, 1.165) is 10.4 Å². The number of aromatic nitrogens is 1. The zero-order valence-electron chi connectivity index (χ0n) is 16.8. The number of fused-ring (bicyclic) bond motifs is 2. The van der Waals surface area contributed by atoms with Gasteiger partial charge in [0.1, 0.15) is 6.04 Å². The van der Waals surface area contributed by atoms with E-state index in [1.54, 1.807) is 24.5 Å². The molecule has 4 heterocycles. The molecule has 0 amide bonds. The molecule has 1 aromatic carbocycles. The number of benzene rings is 1. The van der Waals surface area contributed by atoms with E-state index in [0.29, 0.717) is 32.1 Å². The summed E-state index contributed by atoms with van der Waals surface area (Å²) in [7, 11) is 0. The van der Waals surface area contributed by atoms with Crippen molar-refractivity contribution in [1.29, 1.82) is 0 Å². The van der Waals surface area contributed by atoms with Gasteiger partial charge in [-0.3, -0.25) is 9.36 Å². The van der Waals surface area contributed by atoms with Gasteiger partial charge >= 0.3 is 5.97 Å². The van der Waals surface area contributed by atoms with Crippen LogP contribution in [-0.2, 0) is 9.53 Å². The Balaban J connectivity index is 1.68. The quantitative estimate of drug-likeness (QED) is 0.567. The monoisotopic (exact) mass is 454 g/mol. The normalized spacial score (nSPS) is 17.5. The van der Waals surface area contributed by atoms with Crippen molar-refractivity contribution in [1.82, 2.24) is 4.57 Å². The molecule has 0 N–H and O–H groups in total. The molecule has 0 radical (unpaired) electrons. The van der Waals surface area contributed by atoms with Crippen molar-refractivity contribution in [3.63, 3.8) is 0 Å². The minimum atomic E-state index is -0.561. The summed E-state index contributed by atoms with van der Waals surface area (Å²) in [6.07, 6.45) is 1.81. The minimum Gasteiger partial charge on any atom is -0.463 e. The summed E-state index contributed by atoms with van der Waals surface area (Å²) in [5.74, 6) is 0.886. The first-order chi connectivity index (χ1) is 15.1. The average molecular weight is 455 g/mol. The predicted molar refractivity (Wildman–Crippen MR) is 117 cm³/mol. The van der Waals surface area contributed by atoms with Gasteiger partial charge in [0, 0.05) is 4.88 Å². The second-order valence-electron chi connectivity index (χ2n) is 6.93. The van der Waals surface area contributed by atoms with Gasteiger partial charge in [-0.1, -0.05) is 23.5 Å².